The summed E-state index contributed by atoms with van der Waals surface area (Å²) in [5.41, 5.74) is 2.18. The first-order valence-corrected chi connectivity index (χ1v) is 7.91. The van der Waals surface area contributed by atoms with E-state index in [9.17, 15) is 8.42 Å². The van der Waals surface area contributed by atoms with Gasteiger partial charge in [0.05, 0.1) is 5.75 Å². The lowest BCUT2D eigenvalue weighted by molar-refractivity contribution is 0.600. The predicted octanol–water partition coefficient (Wildman–Crippen LogP) is 2.60. The van der Waals surface area contributed by atoms with Crippen LogP contribution in [0.5, 0.6) is 0 Å². The van der Waals surface area contributed by atoms with Crippen molar-refractivity contribution in [1.29, 1.82) is 0 Å². The lowest BCUT2D eigenvalue weighted by atomic mass is 10.2. The molecule has 0 radical (unpaired) electrons. The number of sulfone groups is 1. The number of hydrogen-bond donors (Lipinski definition) is 1. The number of aryl methyl sites for hydroxylation is 1. The highest BCUT2D eigenvalue weighted by Gasteiger charge is 2.02. The first-order valence-electron chi connectivity index (χ1n) is 5.06. The normalized spacial score (nSPS) is 11.4. The molecule has 0 spiro atoms. The lowest BCUT2D eigenvalue weighted by Gasteiger charge is -2.08. The van der Waals surface area contributed by atoms with Crippen LogP contribution in [-0.2, 0) is 9.84 Å². The predicted molar refractivity (Wildman–Crippen MR) is 71.7 cm³/mol. The summed E-state index contributed by atoms with van der Waals surface area (Å²) >= 11 is 3.44. The van der Waals surface area contributed by atoms with Gasteiger partial charge in [-0.2, -0.15) is 0 Å². The molecular formula is C11H16BrNO2S. The molecule has 0 atom stereocenters. The second-order valence-corrected chi connectivity index (χ2v) is 7.01. The molecule has 1 aromatic rings. The van der Waals surface area contributed by atoms with Gasteiger partial charge in [-0.25, -0.2) is 8.42 Å². The Bertz CT molecular complexity index is 457. The summed E-state index contributed by atoms with van der Waals surface area (Å²) in [4.78, 5) is 0. The summed E-state index contributed by atoms with van der Waals surface area (Å²) in [7, 11) is -2.85. The molecular weight excluding hydrogens is 290 g/mol. The largest absolute Gasteiger partial charge is 0.384 e. The highest BCUT2D eigenvalue weighted by Crippen LogP contribution is 2.23. The highest BCUT2D eigenvalue weighted by atomic mass is 79.9. The van der Waals surface area contributed by atoms with Crippen molar-refractivity contribution in [3.05, 3.63) is 28.2 Å². The number of rotatable bonds is 5. The first-order chi connectivity index (χ1) is 7.38. The lowest BCUT2D eigenvalue weighted by Crippen LogP contribution is -2.10. The first kappa shape index (κ1) is 13.5. The minimum atomic E-state index is -2.85. The van der Waals surface area contributed by atoms with Crippen LogP contribution >= 0.6 is 15.9 Å². The molecule has 0 saturated heterocycles. The number of halogens is 1. The smallest absolute Gasteiger partial charge is 0.147 e. The van der Waals surface area contributed by atoms with Gasteiger partial charge in [0.2, 0.25) is 0 Å². The van der Waals surface area contributed by atoms with E-state index >= 15 is 0 Å². The summed E-state index contributed by atoms with van der Waals surface area (Å²) in [5.74, 6) is 0.226. The Balaban J connectivity index is 2.46. The molecule has 0 heterocycles. The van der Waals surface area contributed by atoms with Gasteiger partial charge >= 0.3 is 0 Å². The van der Waals surface area contributed by atoms with Crippen LogP contribution in [0.25, 0.3) is 0 Å². The molecule has 16 heavy (non-hydrogen) atoms. The van der Waals surface area contributed by atoms with E-state index in [-0.39, 0.29) is 5.75 Å². The van der Waals surface area contributed by atoms with Crippen molar-refractivity contribution >= 4 is 31.5 Å². The Labute approximate surface area is 105 Å². The van der Waals surface area contributed by atoms with Crippen molar-refractivity contribution in [3.63, 3.8) is 0 Å². The Hall–Kier alpha value is -0.550. The Morgan fingerprint density at radius 3 is 2.69 bits per heavy atom. The molecule has 0 aromatic heterocycles. The maximum absolute atomic E-state index is 10.9. The molecule has 0 unspecified atom stereocenters. The van der Waals surface area contributed by atoms with Gasteiger partial charge in [-0.15, -0.1) is 0 Å². The molecule has 5 heteroatoms. The van der Waals surface area contributed by atoms with Crippen molar-refractivity contribution in [2.75, 3.05) is 23.9 Å². The average Bonchev–Trinajstić information content (AvgIpc) is 2.16. The fraction of sp³-hybridized carbons (Fsp3) is 0.455. The van der Waals surface area contributed by atoms with Crippen LogP contribution in [0.3, 0.4) is 0 Å². The zero-order valence-electron chi connectivity index (χ0n) is 9.46. The average molecular weight is 306 g/mol. The maximum Gasteiger partial charge on any atom is 0.147 e. The van der Waals surface area contributed by atoms with Gasteiger partial charge in [0.15, 0.2) is 0 Å². The molecule has 0 fully saturated rings. The van der Waals surface area contributed by atoms with Gasteiger partial charge in [-0.05, 0) is 47.0 Å². The van der Waals surface area contributed by atoms with Crippen LogP contribution in [-0.4, -0.2) is 27.0 Å². The van der Waals surface area contributed by atoms with E-state index in [1.165, 1.54) is 11.8 Å². The second kappa shape index (κ2) is 5.68. The fourth-order valence-corrected chi connectivity index (χ4v) is 2.39. The van der Waals surface area contributed by atoms with Crippen molar-refractivity contribution in [3.8, 4) is 0 Å². The zero-order chi connectivity index (χ0) is 12.2. The summed E-state index contributed by atoms with van der Waals surface area (Å²) < 4.78 is 22.9. The number of benzene rings is 1. The summed E-state index contributed by atoms with van der Waals surface area (Å²) in [6, 6.07) is 6.03. The highest BCUT2D eigenvalue weighted by molar-refractivity contribution is 9.10. The third kappa shape index (κ3) is 4.99. The van der Waals surface area contributed by atoms with Crippen molar-refractivity contribution < 1.29 is 8.42 Å². The molecule has 1 N–H and O–H groups in total. The Kier molecular flexibility index (Phi) is 4.80. The van der Waals surface area contributed by atoms with E-state index in [0.717, 1.165) is 10.2 Å². The van der Waals surface area contributed by atoms with Gasteiger partial charge in [0.1, 0.15) is 9.84 Å². The molecule has 0 amide bonds. The minimum Gasteiger partial charge on any atom is -0.384 e. The standard InChI is InChI=1S/C11H16BrNO2S/c1-9-4-5-10(12)11(8-9)13-6-3-7-16(2,14)15/h4-5,8,13H,3,6-7H2,1-2H3. The van der Waals surface area contributed by atoms with Crippen LogP contribution < -0.4 is 5.32 Å². The molecule has 1 rings (SSSR count). The molecule has 0 aliphatic heterocycles. The van der Waals surface area contributed by atoms with E-state index in [1.807, 2.05) is 25.1 Å². The van der Waals surface area contributed by atoms with E-state index in [2.05, 4.69) is 21.2 Å². The maximum atomic E-state index is 10.9. The zero-order valence-corrected chi connectivity index (χ0v) is 11.9. The topological polar surface area (TPSA) is 46.2 Å². The van der Waals surface area contributed by atoms with Crippen molar-refractivity contribution in [2.24, 2.45) is 0 Å². The minimum absolute atomic E-state index is 0.226. The third-order valence-corrected chi connectivity index (χ3v) is 3.85. The third-order valence-electron chi connectivity index (χ3n) is 2.13. The molecule has 3 nitrogen and oxygen atoms in total. The summed E-state index contributed by atoms with van der Waals surface area (Å²) in [6.45, 7) is 2.68. The quantitative estimate of drug-likeness (QED) is 0.851. The molecule has 0 aliphatic carbocycles. The second-order valence-electron chi connectivity index (χ2n) is 3.89. The number of hydrogen-bond acceptors (Lipinski definition) is 3. The molecule has 1 aromatic carbocycles. The SMILES string of the molecule is Cc1ccc(Br)c(NCCCS(C)(=O)=O)c1. The Morgan fingerprint density at radius 1 is 1.38 bits per heavy atom. The number of nitrogens with one attached hydrogen (secondary N) is 1. The van der Waals surface area contributed by atoms with Crippen molar-refractivity contribution in [1.82, 2.24) is 0 Å². The van der Waals surface area contributed by atoms with Gasteiger partial charge in [-0.1, -0.05) is 6.07 Å². The van der Waals surface area contributed by atoms with Gasteiger partial charge in [0.25, 0.3) is 0 Å². The van der Waals surface area contributed by atoms with Crippen LogP contribution in [0.1, 0.15) is 12.0 Å². The molecule has 0 aliphatic rings. The van der Waals surface area contributed by atoms with E-state index in [1.54, 1.807) is 0 Å². The van der Waals surface area contributed by atoms with Crippen LogP contribution in [0, 0.1) is 6.92 Å². The Morgan fingerprint density at radius 2 is 2.06 bits per heavy atom. The van der Waals surface area contributed by atoms with Gasteiger partial charge in [-0.3, -0.25) is 0 Å². The van der Waals surface area contributed by atoms with Crippen LogP contribution in [0.4, 0.5) is 5.69 Å². The number of anilines is 1. The molecule has 90 valence electrons. The van der Waals surface area contributed by atoms with E-state index < -0.39 is 9.84 Å². The van der Waals surface area contributed by atoms with E-state index in [0.29, 0.717) is 13.0 Å². The van der Waals surface area contributed by atoms with E-state index in [4.69, 9.17) is 0 Å². The molecule has 0 bridgehead atoms. The fourth-order valence-electron chi connectivity index (χ4n) is 1.33. The van der Waals surface area contributed by atoms with Gasteiger partial charge < -0.3 is 5.32 Å². The summed E-state index contributed by atoms with van der Waals surface area (Å²) in [6.07, 6.45) is 1.88. The van der Waals surface area contributed by atoms with Crippen molar-refractivity contribution in [2.45, 2.75) is 13.3 Å². The monoisotopic (exact) mass is 305 g/mol. The van der Waals surface area contributed by atoms with Crippen LogP contribution in [0.2, 0.25) is 0 Å². The van der Waals surface area contributed by atoms with Crippen LogP contribution in [0.15, 0.2) is 22.7 Å². The van der Waals surface area contributed by atoms with Gasteiger partial charge in [0, 0.05) is 23.0 Å². The summed E-state index contributed by atoms with van der Waals surface area (Å²) in [5, 5.41) is 3.22. The molecule has 0 saturated carbocycles.